The summed E-state index contributed by atoms with van der Waals surface area (Å²) in [6, 6.07) is 25.5. The van der Waals surface area contributed by atoms with Crippen molar-refractivity contribution in [1.29, 1.82) is 0 Å². The van der Waals surface area contributed by atoms with Crippen molar-refractivity contribution in [3.63, 3.8) is 0 Å². The minimum absolute atomic E-state index is 0.0737. The van der Waals surface area contributed by atoms with Crippen molar-refractivity contribution in [3.05, 3.63) is 128 Å². The molecule has 8 heteroatoms. The van der Waals surface area contributed by atoms with E-state index in [1.54, 1.807) is 31.4 Å². The molecule has 0 saturated carbocycles. The van der Waals surface area contributed by atoms with Gasteiger partial charge in [0.15, 0.2) is 5.69 Å². The van der Waals surface area contributed by atoms with Crippen LogP contribution in [0.4, 0.5) is 11.5 Å². The maximum Gasteiger partial charge on any atom is 0.330 e. The molecule has 0 saturated heterocycles. The van der Waals surface area contributed by atoms with Gasteiger partial charge in [-0.05, 0) is 28.8 Å². The number of aromatic nitrogens is 2. The molecule has 0 unspecified atom stereocenters. The molecule has 8 nitrogen and oxygen atoms in total. The first-order chi connectivity index (χ1) is 17.0. The fraction of sp³-hybridized carbons (Fsp3) is 0.148. The fourth-order valence-electron chi connectivity index (χ4n) is 3.85. The molecule has 0 bridgehead atoms. The molecule has 35 heavy (non-hydrogen) atoms. The smallest absolute Gasteiger partial charge is 0.330 e. The highest BCUT2D eigenvalue weighted by Gasteiger charge is 2.25. The van der Waals surface area contributed by atoms with Crippen LogP contribution in [-0.4, -0.2) is 22.6 Å². The molecule has 4 aromatic rings. The molecular formula is C27H26N4O4. The number of methoxy groups -OCH3 is 1. The minimum Gasteiger partial charge on any atom is -0.383 e. The van der Waals surface area contributed by atoms with Crippen LogP contribution in [0, 0.1) is 0 Å². The Morgan fingerprint density at radius 1 is 0.886 bits per heavy atom. The Morgan fingerprint density at radius 3 is 2.09 bits per heavy atom. The van der Waals surface area contributed by atoms with Crippen LogP contribution in [0.1, 0.15) is 27.0 Å². The Hall–Kier alpha value is -4.43. The van der Waals surface area contributed by atoms with Crippen LogP contribution in [0.3, 0.4) is 0 Å². The quantitative estimate of drug-likeness (QED) is 0.411. The Kier molecular flexibility index (Phi) is 7.23. The number of nitrogens with zero attached hydrogens (tertiary/aromatic N) is 2. The third kappa shape index (κ3) is 5.39. The van der Waals surface area contributed by atoms with Crippen molar-refractivity contribution < 1.29 is 9.53 Å². The molecule has 1 aromatic heterocycles. The summed E-state index contributed by atoms with van der Waals surface area (Å²) in [4.78, 5) is 43.0. The lowest BCUT2D eigenvalue weighted by Crippen LogP contribution is -2.41. The van der Waals surface area contributed by atoms with Gasteiger partial charge in [0.25, 0.3) is 11.5 Å². The SMILES string of the molecule is COCc1ccc(C(=O)N(Cc2ccccc2)c2c(N)n(Cc3ccccc3)c(=O)[nH]c2=O)cc1. The number of hydrogen-bond donors (Lipinski definition) is 2. The number of carbonyl (C=O) groups excluding carboxylic acids is 1. The normalized spacial score (nSPS) is 10.8. The van der Waals surface area contributed by atoms with Crippen LogP contribution in [0.25, 0.3) is 0 Å². The topological polar surface area (TPSA) is 110 Å². The van der Waals surface area contributed by atoms with Gasteiger partial charge in [0.2, 0.25) is 0 Å². The standard InChI is InChI=1S/C27H26N4O4/c1-35-18-21-12-14-22(15-13-21)26(33)30(16-19-8-4-2-5-9-19)23-24(28)31(27(34)29-25(23)32)17-20-10-6-3-7-11-20/h2-15H,16-18,28H2,1H3,(H,29,32,34). The van der Waals surface area contributed by atoms with E-state index < -0.39 is 17.2 Å². The van der Waals surface area contributed by atoms with Crippen molar-refractivity contribution in [2.45, 2.75) is 19.7 Å². The first kappa shape index (κ1) is 23.7. The van der Waals surface area contributed by atoms with Gasteiger partial charge in [0.05, 0.1) is 19.7 Å². The maximum atomic E-state index is 13.7. The second kappa shape index (κ2) is 10.7. The second-order valence-electron chi connectivity index (χ2n) is 8.07. The molecule has 0 fully saturated rings. The largest absolute Gasteiger partial charge is 0.383 e. The Labute approximate surface area is 202 Å². The number of aromatic amines is 1. The highest BCUT2D eigenvalue weighted by atomic mass is 16.5. The molecule has 0 spiro atoms. The number of amides is 1. The highest BCUT2D eigenvalue weighted by molar-refractivity contribution is 6.07. The van der Waals surface area contributed by atoms with Gasteiger partial charge >= 0.3 is 5.69 Å². The average Bonchev–Trinajstić information content (AvgIpc) is 2.87. The van der Waals surface area contributed by atoms with E-state index in [4.69, 9.17) is 10.5 Å². The van der Waals surface area contributed by atoms with E-state index in [0.29, 0.717) is 12.2 Å². The molecule has 1 amide bonds. The summed E-state index contributed by atoms with van der Waals surface area (Å²) < 4.78 is 6.40. The zero-order valence-electron chi connectivity index (χ0n) is 19.3. The fourth-order valence-corrected chi connectivity index (χ4v) is 3.85. The summed E-state index contributed by atoms with van der Waals surface area (Å²) in [6.07, 6.45) is 0. The number of carbonyl (C=O) groups is 1. The van der Waals surface area contributed by atoms with Crippen LogP contribution in [0.5, 0.6) is 0 Å². The summed E-state index contributed by atoms with van der Waals surface area (Å²) in [5, 5.41) is 0. The molecule has 4 rings (SSSR count). The van der Waals surface area contributed by atoms with Gasteiger partial charge < -0.3 is 10.5 Å². The molecule has 0 radical (unpaired) electrons. The number of nitrogen functional groups attached to an aromatic ring is 1. The van der Waals surface area contributed by atoms with Gasteiger partial charge in [0, 0.05) is 12.7 Å². The van der Waals surface area contributed by atoms with Gasteiger partial charge in [-0.1, -0.05) is 72.8 Å². The number of H-pyrrole nitrogens is 1. The first-order valence-electron chi connectivity index (χ1n) is 11.1. The zero-order chi connectivity index (χ0) is 24.8. The van der Waals surface area contributed by atoms with E-state index in [9.17, 15) is 14.4 Å². The number of nitrogens with one attached hydrogen (secondary N) is 1. The first-order valence-corrected chi connectivity index (χ1v) is 11.1. The van der Waals surface area contributed by atoms with Gasteiger partial charge in [0.1, 0.15) is 5.82 Å². The van der Waals surface area contributed by atoms with Crippen molar-refractivity contribution in [2.24, 2.45) is 0 Å². The van der Waals surface area contributed by atoms with Crippen molar-refractivity contribution in [3.8, 4) is 0 Å². The Morgan fingerprint density at radius 2 is 1.49 bits per heavy atom. The molecule has 0 aliphatic carbocycles. The van der Waals surface area contributed by atoms with E-state index in [2.05, 4.69) is 4.98 Å². The lowest BCUT2D eigenvalue weighted by Gasteiger charge is -2.25. The monoisotopic (exact) mass is 470 g/mol. The number of nitrogens with two attached hydrogens (primary N) is 1. The predicted molar refractivity (Wildman–Crippen MR) is 135 cm³/mol. The summed E-state index contributed by atoms with van der Waals surface area (Å²) in [5.41, 5.74) is 7.87. The lowest BCUT2D eigenvalue weighted by atomic mass is 10.1. The summed E-state index contributed by atoms with van der Waals surface area (Å²) in [5.74, 6) is -0.497. The van der Waals surface area contributed by atoms with Crippen LogP contribution < -0.4 is 21.9 Å². The van der Waals surface area contributed by atoms with Crippen LogP contribution in [0.15, 0.2) is 94.5 Å². The predicted octanol–water partition coefficient (Wildman–Crippen LogP) is 3.16. The molecule has 0 aliphatic heterocycles. The number of rotatable bonds is 8. The number of benzene rings is 3. The lowest BCUT2D eigenvalue weighted by molar-refractivity contribution is 0.0984. The molecular weight excluding hydrogens is 444 g/mol. The molecule has 0 aliphatic rings. The molecule has 3 aromatic carbocycles. The van der Waals surface area contributed by atoms with E-state index in [0.717, 1.165) is 16.7 Å². The molecule has 1 heterocycles. The van der Waals surface area contributed by atoms with Gasteiger partial charge in [-0.25, -0.2) is 4.79 Å². The molecule has 0 atom stereocenters. The average molecular weight is 471 g/mol. The van der Waals surface area contributed by atoms with Crippen molar-refractivity contribution >= 4 is 17.4 Å². The summed E-state index contributed by atoms with van der Waals surface area (Å²) in [6.45, 7) is 0.657. The summed E-state index contributed by atoms with van der Waals surface area (Å²) in [7, 11) is 1.60. The number of hydrogen-bond acceptors (Lipinski definition) is 5. The number of ether oxygens (including phenoxy) is 1. The Bertz CT molecular complexity index is 1410. The molecule has 3 N–H and O–H groups in total. The van der Waals surface area contributed by atoms with E-state index in [1.165, 1.54) is 9.47 Å². The van der Waals surface area contributed by atoms with Crippen LogP contribution >= 0.6 is 0 Å². The van der Waals surface area contributed by atoms with Gasteiger partial charge in [-0.15, -0.1) is 0 Å². The van der Waals surface area contributed by atoms with Gasteiger partial charge in [-0.3, -0.25) is 24.0 Å². The van der Waals surface area contributed by atoms with Crippen LogP contribution in [-0.2, 0) is 24.4 Å². The van der Waals surface area contributed by atoms with E-state index >= 15 is 0 Å². The van der Waals surface area contributed by atoms with Gasteiger partial charge in [-0.2, -0.15) is 0 Å². The third-order valence-electron chi connectivity index (χ3n) is 5.61. The molecule has 178 valence electrons. The third-order valence-corrected chi connectivity index (χ3v) is 5.61. The van der Waals surface area contributed by atoms with E-state index in [1.807, 2.05) is 60.7 Å². The highest BCUT2D eigenvalue weighted by Crippen LogP contribution is 2.23. The second-order valence-corrected chi connectivity index (χ2v) is 8.07. The van der Waals surface area contributed by atoms with E-state index in [-0.39, 0.29) is 24.6 Å². The minimum atomic E-state index is -0.725. The maximum absolute atomic E-state index is 13.7. The summed E-state index contributed by atoms with van der Waals surface area (Å²) >= 11 is 0. The van der Waals surface area contributed by atoms with Crippen LogP contribution in [0.2, 0.25) is 0 Å². The Balaban J connectivity index is 1.81. The van der Waals surface area contributed by atoms with Crippen molar-refractivity contribution in [2.75, 3.05) is 17.7 Å². The van der Waals surface area contributed by atoms with Crippen molar-refractivity contribution in [1.82, 2.24) is 9.55 Å². The number of anilines is 2. The zero-order valence-corrected chi connectivity index (χ0v) is 19.3.